The Morgan fingerprint density at radius 3 is 2.45 bits per heavy atom. The van der Waals surface area contributed by atoms with Crippen LogP contribution in [-0.2, 0) is 21.1 Å². The van der Waals surface area contributed by atoms with Gasteiger partial charge in [0.1, 0.15) is 5.82 Å². The average Bonchev–Trinajstić information content (AvgIpc) is 2.79. The van der Waals surface area contributed by atoms with Crippen LogP contribution in [0.15, 0.2) is 47.4 Å². The number of amides is 2. The molecule has 1 heterocycles. The van der Waals surface area contributed by atoms with Gasteiger partial charge in [-0.1, -0.05) is 18.2 Å². The number of hydrogen-bond acceptors (Lipinski definition) is 6. The number of non-ortho nitro benzene ring substituents is 1. The zero-order valence-corrected chi connectivity index (χ0v) is 18.8. The molecule has 1 fully saturated rings. The van der Waals surface area contributed by atoms with Gasteiger partial charge in [-0.05, 0) is 37.0 Å². The fraction of sp³-hybridized carbons (Fsp3) is 0.364. The first-order chi connectivity index (χ1) is 15.6. The Hall–Kier alpha value is -3.34. The molecule has 0 aromatic heterocycles. The van der Waals surface area contributed by atoms with Crippen LogP contribution in [0.25, 0.3) is 0 Å². The lowest BCUT2D eigenvalue weighted by Gasteiger charge is -2.31. The molecule has 0 bridgehead atoms. The highest BCUT2D eigenvalue weighted by molar-refractivity contribution is 7.90. The van der Waals surface area contributed by atoms with Gasteiger partial charge in [0.05, 0.1) is 9.82 Å². The smallest absolute Gasteiger partial charge is 0.271 e. The van der Waals surface area contributed by atoms with Crippen LogP contribution in [-0.4, -0.2) is 55.9 Å². The predicted molar refractivity (Wildman–Crippen MR) is 118 cm³/mol. The van der Waals surface area contributed by atoms with E-state index in [2.05, 4.69) is 5.32 Å². The summed E-state index contributed by atoms with van der Waals surface area (Å²) in [5.41, 5.74) is -0.0496. The normalized spacial score (nSPS) is 14.7. The van der Waals surface area contributed by atoms with Crippen LogP contribution in [0.4, 0.5) is 10.1 Å². The molecular formula is C22H24FN3O6S. The number of hydrogen-bond donors (Lipinski definition) is 1. The third-order valence-electron chi connectivity index (χ3n) is 5.58. The summed E-state index contributed by atoms with van der Waals surface area (Å²) < 4.78 is 37.4. The zero-order valence-electron chi connectivity index (χ0n) is 18.0. The highest BCUT2D eigenvalue weighted by atomic mass is 32.2. The SMILES string of the molecule is CS(=O)(=O)c1cc(C(=O)N2CCC(C(=O)NCCc3ccccc3F)CC2)cc([N+](=O)[O-])c1. The summed E-state index contributed by atoms with van der Waals surface area (Å²) in [5.74, 6) is -1.33. The summed E-state index contributed by atoms with van der Waals surface area (Å²) >= 11 is 0. The summed E-state index contributed by atoms with van der Waals surface area (Å²) in [6.45, 7) is 0.795. The maximum atomic E-state index is 13.7. The molecule has 2 aromatic carbocycles. The number of piperidine rings is 1. The second-order valence-corrected chi connectivity index (χ2v) is 9.96. The Balaban J connectivity index is 1.58. The van der Waals surface area contributed by atoms with E-state index in [0.717, 1.165) is 24.5 Å². The Morgan fingerprint density at radius 1 is 1.18 bits per heavy atom. The van der Waals surface area contributed by atoms with Crippen LogP contribution in [0.1, 0.15) is 28.8 Å². The van der Waals surface area contributed by atoms with Gasteiger partial charge < -0.3 is 10.2 Å². The van der Waals surface area contributed by atoms with Gasteiger partial charge in [-0.2, -0.15) is 0 Å². The number of likely N-dealkylation sites (tertiary alicyclic amines) is 1. The van der Waals surface area contributed by atoms with Gasteiger partial charge in [0.15, 0.2) is 9.84 Å². The second-order valence-electron chi connectivity index (χ2n) is 7.94. The summed E-state index contributed by atoms with van der Waals surface area (Å²) in [6.07, 6.45) is 2.07. The molecule has 0 spiro atoms. The number of rotatable bonds is 7. The van der Waals surface area contributed by atoms with E-state index >= 15 is 0 Å². The number of carbonyl (C=O) groups is 2. The quantitative estimate of drug-likeness (QED) is 0.482. The Kier molecular flexibility index (Phi) is 7.42. The summed E-state index contributed by atoms with van der Waals surface area (Å²) in [7, 11) is -3.75. The van der Waals surface area contributed by atoms with Crippen LogP contribution in [0.2, 0.25) is 0 Å². The highest BCUT2D eigenvalue weighted by Crippen LogP contribution is 2.24. The molecule has 2 amide bonds. The van der Waals surface area contributed by atoms with E-state index in [-0.39, 0.29) is 41.2 Å². The van der Waals surface area contributed by atoms with E-state index < -0.39 is 26.4 Å². The molecule has 0 radical (unpaired) electrons. The Bertz CT molecular complexity index is 1180. The molecule has 3 rings (SSSR count). The molecule has 11 heteroatoms. The Labute approximate surface area is 190 Å². The van der Waals surface area contributed by atoms with Gasteiger partial charge in [0.25, 0.3) is 11.6 Å². The van der Waals surface area contributed by atoms with Gasteiger partial charge in [0, 0.05) is 49.5 Å². The van der Waals surface area contributed by atoms with E-state index in [0.29, 0.717) is 31.4 Å². The Morgan fingerprint density at radius 2 is 1.85 bits per heavy atom. The molecule has 0 atom stereocenters. The lowest BCUT2D eigenvalue weighted by Crippen LogP contribution is -2.43. The van der Waals surface area contributed by atoms with Crippen molar-refractivity contribution in [2.24, 2.45) is 5.92 Å². The third kappa shape index (κ3) is 6.13. The number of carbonyl (C=O) groups excluding carboxylic acids is 2. The van der Waals surface area contributed by atoms with Crippen molar-refractivity contribution in [1.82, 2.24) is 10.2 Å². The number of nitrogens with zero attached hydrogens (tertiary/aromatic N) is 2. The van der Waals surface area contributed by atoms with Crippen molar-refractivity contribution in [2.45, 2.75) is 24.2 Å². The molecule has 1 aliphatic heterocycles. The maximum Gasteiger partial charge on any atom is 0.271 e. The van der Waals surface area contributed by atoms with Gasteiger partial charge in [-0.3, -0.25) is 19.7 Å². The molecule has 1 saturated heterocycles. The summed E-state index contributed by atoms with van der Waals surface area (Å²) in [6, 6.07) is 9.46. The molecule has 176 valence electrons. The third-order valence-corrected chi connectivity index (χ3v) is 6.67. The minimum absolute atomic E-state index is 0.0857. The lowest BCUT2D eigenvalue weighted by molar-refractivity contribution is -0.385. The monoisotopic (exact) mass is 477 g/mol. The first kappa shape index (κ1) is 24.3. The van der Waals surface area contributed by atoms with E-state index in [9.17, 15) is 32.5 Å². The lowest BCUT2D eigenvalue weighted by atomic mass is 9.95. The van der Waals surface area contributed by atoms with Crippen LogP contribution < -0.4 is 5.32 Å². The van der Waals surface area contributed by atoms with Crippen molar-refractivity contribution >= 4 is 27.3 Å². The second kappa shape index (κ2) is 10.1. The van der Waals surface area contributed by atoms with Crippen molar-refractivity contribution in [3.8, 4) is 0 Å². The molecule has 1 aliphatic rings. The topological polar surface area (TPSA) is 127 Å². The van der Waals surface area contributed by atoms with Gasteiger partial charge >= 0.3 is 0 Å². The molecule has 2 aromatic rings. The van der Waals surface area contributed by atoms with Crippen LogP contribution in [0, 0.1) is 21.8 Å². The molecule has 9 nitrogen and oxygen atoms in total. The minimum atomic E-state index is -3.75. The fourth-order valence-corrected chi connectivity index (χ4v) is 4.40. The van der Waals surface area contributed by atoms with Crippen molar-refractivity contribution < 1.29 is 27.3 Å². The van der Waals surface area contributed by atoms with E-state index in [4.69, 9.17) is 0 Å². The van der Waals surface area contributed by atoms with Crippen molar-refractivity contribution in [3.05, 3.63) is 69.5 Å². The predicted octanol–water partition coefficient (Wildman–Crippen LogP) is 2.35. The minimum Gasteiger partial charge on any atom is -0.356 e. The van der Waals surface area contributed by atoms with Crippen molar-refractivity contribution in [1.29, 1.82) is 0 Å². The van der Waals surface area contributed by atoms with Crippen molar-refractivity contribution in [3.63, 3.8) is 0 Å². The summed E-state index contributed by atoms with van der Waals surface area (Å²) in [5, 5.41) is 14.0. The molecular weight excluding hydrogens is 453 g/mol. The van der Waals surface area contributed by atoms with Crippen LogP contribution in [0.5, 0.6) is 0 Å². The van der Waals surface area contributed by atoms with Crippen LogP contribution in [0.3, 0.4) is 0 Å². The van der Waals surface area contributed by atoms with Gasteiger partial charge in [-0.25, -0.2) is 12.8 Å². The number of halogens is 1. The standard InChI is InChI=1S/C22H24FN3O6S/c1-33(31,32)19-13-17(12-18(14-19)26(29)30)22(28)25-10-7-16(8-11-25)21(27)24-9-6-15-4-2-3-5-20(15)23/h2-5,12-14,16H,6-11H2,1H3,(H,24,27). The van der Waals surface area contributed by atoms with Crippen LogP contribution >= 0.6 is 0 Å². The molecule has 1 N–H and O–H groups in total. The molecule has 33 heavy (non-hydrogen) atoms. The van der Waals surface area contributed by atoms with E-state index in [1.807, 2.05) is 0 Å². The van der Waals surface area contributed by atoms with E-state index in [1.165, 1.54) is 11.0 Å². The maximum absolute atomic E-state index is 13.7. The molecule has 0 saturated carbocycles. The summed E-state index contributed by atoms with van der Waals surface area (Å²) in [4.78, 5) is 36.9. The van der Waals surface area contributed by atoms with E-state index in [1.54, 1.807) is 18.2 Å². The number of nitro groups is 1. The first-order valence-corrected chi connectivity index (χ1v) is 12.3. The first-order valence-electron chi connectivity index (χ1n) is 10.4. The number of nitrogens with one attached hydrogen (secondary N) is 1. The average molecular weight is 478 g/mol. The van der Waals surface area contributed by atoms with Gasteiger partial charge in [-0.15, -0.1) is 0 Å². The molecule has 0 unspecified atom stereocenters. The fourth-order valence-electron chi connectivity index (χ4n) is 3.72. The highest BCUT2D eigenvalue weighted by Gasteiger charge is 2.29. The largest absolute Gasteiger partial charge is 0.356 e. The number of nitro benzene ring substituents is 1. The zero-order chi connectivity index (χ0) is 24.2. The van der Waals surface area contributed by atoms with Crippen molar-refractivity contribution in [2.75, 3.05) is 25.9 Å². The number of benzene rings is 2. The van der Waals surface area contributed by atoms with Gasteiger partial charge in [0.2, 0.25) is 5.91 Å². The number of sulfone groups is 1. The molecule has 0 aliphatic carbocycles.